The summed E-state index contributed by atoms with van der Waals surface area (Å²) >= 11 is 0. The van der Waals surface area contributed by atoms with E-state index in [0.717, 1.165) is 23.3 Å². The fraction of sp³-hybridized carbons (Fsp3) is 0.188. The van der Waals surface area contributed by atoms with Crippen LogP contribution in [0, 0.1) is 25.5 Å². The molecule has 2 rings (SSSR count). The summed E-state index contributed by atoms with van der Waals surface area (Å²) in [6.07, 6.45) is -0.158. The van der Waals surface area contributed by atoms with Crippen molar-refractivity contribution < 1.29 is 13.6 Å². The molecule has 3 N–H and O–H groups in total. The lowest BCUT2D eigenvalue weighted by atomic mass is 10.1. The molecule has 1 amide bonds. The highest BCUT2D eigenvalue weighted by molar-refractivity contribution is 5.93. The first-order valence-electron chi connectivity index (χ1n) is 6.47. The molecule has 0 aliphatic rings. The van der Waals surface area contributed by atoms with E-state index in [2.05, 4.69) is 5.32 Å². The molecule has 0 aliphatic carbocycles. The fourth-order valence-corrected chi connectivity index (χ4v) is 2.01. The number of benzene rings is 2. The first kappa shape index (κ1) is 15.0. The Kier molecular flexibility index (Phi) is 4.21. The predicted octanol–water partition coefficient (Wildman–Crippen LogP) is 3.35. The highest BCUT2D eigenvalue weighted by Crippen LogP contribution is 2.22. The van der Waals surface area contributed by atoms with E-state index in [0.29, 0.717) is 11.4 Å². The second-order valence-electron chi connectivity index (χ2n) is 4.98. The van der Waals surface area contributed by atoms with E-state index in [4.69, 9.17) is 5.73 Å². The minimum atomic E-state index is -0.727. The molecule has 21 heavy (non-hydrogen) atoms. The van der Waals surface area contributed by atoms with E-state index in [-0.39, 0.29) is 17.9 Å². The van der Waals surface area contributed by atoms with Crippen LogP contribution in [0.3, 0.4) is 0 Å². The van der Waals surface area contributed by atoms with Gasteiger partial charge in [-0.05, 0) is 48.7 Å². The minimum absolute atomic E-state index is 0.152. The van der Waals surface area contributed by atoms with Crippen molar-refractivity contribution in [3.63, 3.8) is 0 Å². The minimum Gasteiger partial charge on any atom is -0.399 e. The molecule has 110 valence electrons. The van der Waals surface area contributed by atoms with Crippen molar-refractivity contribution in [1.82, 2.24) is 0 Å². The first-order valence-corrected chi connectivity index (χ1v) is 6.47. The van der Waals surface area contributed by atoms with Crippen LogP contribution < -0.4 is 11.1 Å². The lowest BCUT2D eigenvalue weighted by Crippen LogP contribution is -2.16. The van der Waals surface area contributed by atoms with Gasteiger partial charge in [-0.1, -0.05) is 6.07 Å². The lowest BCUT2D eigenvalue weighted by molar-refractivity contribution is -0.115. The normalized spacial score (nSPS) is 10.5. The molecule has 0 unspecified atom stereocenters. The number of aryl methyl sites for hydroxylation is 2. The summed E-state index contributed by atoms with van der Waals surface area (Å²) in [5.74, 6) is -1.76. The second kappa shape index (κ2) is 5.91. The first-order chi connectivity index (χ1) is 9.86. The van der Waals surface area contributed by atoms with Gasteiger partial charge in [-0.3, -0.25) is 4.79 Å². The zero-order valence-electron chi connectivity index (χ0n) is 11.8. The summed E-state index contributed by atoms with van der Waals surface area (Å²) in [4.78, 5) is 12.0. The van der Waals surface area contributed by atoms with E-state index >= 15 is 0 Å². The summed E-state index contributed by atoms with van der Waals surface area (Å²) in [6, 6.07) is 6.70. The highest BCUT2D eigenvalue weighted by Gasteiger charge is 2.11. The molecule has 5 heteroatoms. The number of anilines is 2. The van der Waals surface area contributed by atoms with Crippen molar-refractivity contribution in [1.29, 1.82) is 0 Å². The largest absolute Gasteiger partial charge is 0.399 e. The van der Waals surface area contributed by atoms with Crippen molar-refractivity contribution in [2.45, 2.75) is 20.3 Å². The summed E-state index contributed by atoms with van der Waals surface area (Å²) in [5, 5.41) is 2.71. The van der Waals surface area contributed by atoms with Gasteiger partial charge in [0.2, 0.25) is 5.91 Å². The van der Waals surface area contributed by atoms with Gasteiger partial charge in [0.25, 0.3) is 0 Å². The van der Waals surface area contributed by atoms with Crippen molar-refractivity contribution in [2.24, 2.45) is 0 Å². The van der Waals surface area contributed by atoms with Gasteiger partial charge in [0.1, 0.15) is 11.6 Å². The van der Waals surface area contributed by atoms with Crippen LogP contribution in [0.5, 0.6) is 0 Å². The highest BCUT2D eigenvalue weighted by atomic mass is 19.1. The second-order valence-corrected chi connectivity index (χ2v) is 4.98. The molecular formula is C16H16F2N2O. The Labute approximate surface area is 121 Å². The monoisotopic (exact) mass is 290 g/mol. The number of carbonyl (C=O) groups is 1. The standard InChI is InChI=1S/C16H16F2N2O/c1-9-6-15(10(2)5-14(9)19)20-16(21)7-11-3-4-12(17)8-13(11)18/h3-6,8H,7,19H2,1-2H3,(H,20,21). The molecule has 0 saturated heterocycles. The Morgan fingerprint density at radius 3 is 2.52 bits per heavy atom. The van der Waals surface area contributed by atoms with Crippen molar-refractivity contribution in [3.05, 3.63) is 58.7 Å². The number of rotatable bonds is 3. The van der Waals surface area contributed by atoms with Gasteiger partial charge in [0, 0.05) is 17.4 Å². The summed E-state index contributed by atoms with van der Waals surface area (Å²) in [7, 11) is 0. The Hall–Kier alpha value is -2.43. The number of hydrogen-bond acceptors (Lipinski definition) is 2. The van der Waals surface area contributed by atoms with Gasteiger partial charge >= 0.3 is 0 Å². The predicted molar refractivity (Wildman–Crippen MR) is 79.0 cm³/mol. The van der Waals surface area contributed by atoms with Crippen LogP contribution in [0.4, 0.5) is 20.2 Å². The molecular weight excluding hydrogens is 274 g/mol. The van der Waals surface area contributed by atoms with E-state index in [1.807, 2.05) is 13.8 Å². The SMILES string of the molecule is Cc1cc(NC(=O)Cc2ccc(F)cc2F)c(C)cc1N. The quantitative estimate of drug-likeness (QED) is 0.852. The van der Waals surface area contributed by atoms with Crippen LogP contribution in [0.1, 0.15) is 16.7 Å². The summed E-state index contributed by atoms with van der Waals surface area (Å²) in [6.45, 7) is 3.66. The maximum atomic E-state index is 13.5. The van der Waals surface area contributed by atoms with Gasteiger partial charge in [0.15, 0.2) is 0 Å². The van der Waals surface area contributed by atoms with Crippen LogP contribution in [-0.4, -0.2) is 5.91 Å². The molecule has 0 bridgehead atoms. The zero-order valence-corrected chi connectivity index (χ0v) is 11.8. The molecule has 2 aromatic carbocycles. The number of amides is 1. The number of nitrogens with one attached hydrogen (secondary N) is 1. The third-order valence-electron chi connectivity index (χ3n) is 3.25. The van der Waals surface area contributed by atoms with Gasteiger partial charge in [-0.25, -0.2) is 8.78 Å². The molecule has 0 saturated carbocycles. The summed E-state index contributed by atoms with van der Waals surface area (Å²) < 4.78 is 26.3. The zero-order chi connectivity index (χ0) is 15.6. The van der Waals surface area contributed by atoms with Crippen LogP contribution in [0.2, 0.25) is 0 Å². The Balaban J connectivity index is 2.13. The average Bonchev–Trinajstić information content (AvgIpc) is 2.39. The molecule has 0 fully saturated rings. The van der Waals surface area contributed by atoms with Gasteiger partial charge in [-0.2, -0.15) is 0 Å². The number of halogens is 2. The Bertz CT molecular complexity index is 699. The smallest absolute Gasteiger partial charge is 0.228 e. The Morgan fingerprint density at radius 1 is 1.14 bits per heavy atom. The fourth-order valence-electron chi connectivity index (χ4n) is 2.01. The van der Waals surface area contributed by atoms with Crippen LogP contribution in [0.15, 0.2) is 30.3 Å². The number of nitrogens with two attached hydrogens (primary N) is 1. The molecule has 0 heterocycles. The topological polar surface area (TPSA) is 55.1 Å². The number of nitrogen functional groups attached to an aromatic ring is 1. The van der Waals surface area contributed by atoms with Gasteiger partial charge in [-0.15, -0.1) is 0 Å². The molecule has 3 nitrogen and oxygen atoms in total. The molecule has 0 atom stereocenters. The number of carbonyl (C=O) groups excluding carboxylic acids is 1. The molecule has 0 aromatic heterocycles. The van der Waals surface area contributed by atoms with Crippen molar-refractivity contribution in [3.8, 4) is 0 Å². The third kappa shape index (κ3) is 3.56. The van der Waals surface area contributed by atoms with Gasteiger partial charge in [0.05, 0.1) is 6.42 Å². The van der Waals surface area contributed by atoms with E-state index in [1.54, 1.807) is 12.1 Å². The molecule has 0 spiro atoms. The maximum absolute atomic E-state index is 13.5. The molecule has 2 aromatic rings. The van der Waals surface area contributed by atoms with E-state index in [9.17, 15) is 13.6 Å². The summed E-state index contributed by atoms with van der Waals surface area (Å²) in [5.41, 5.74) is 8.89. The van der Waals surface area contributed by atoms with E-state index < -0.39 is 11.6 Å². The van der Waals surface area contributed by atoms with E-state index in [1.165, 1.54) is 6.07 Å². The molecule has 0 aliphatic heterocycles. The average molecular weight is 290 g/mol. The Morgan fingerprint density at radius 2 is 1.86 bits per heavy atom. The van der Waals surface area contributed by atoms with Crippen LogP contribution in [-0.2, 0) is 11.2 Å². The number of hydrogen-bond donors (Lipinski definition) is 2. The van der Waals surface area contributed by atoms with Crippen molar-refractivity contribution in [2.75, 3.05) is 11.1 Å². The third-order valence-corrected chi connectivity index (χ3v) is 3.25. The molecule has 0 radical (unpaired) electrons. The van der Waals surface area contributed by atoms with Crippen LogP contribution >= 0.6 is 0 Å². The maximum Gasteiger partial charge on any atom is 0.228 e. The van der Waals surface area contributed by atoms with Crippen LogP contribution in [0.25, 0.3) is 0 Å². The lowest BCUT2D eigenvalue weighted by Gasteiger charge is -2.11. The van der Waals surface area contributed by atoms with Crippen molar-refractivity contribution >= 4 is 17.3 Å². The van der Waals surface area contributed by atoms with Gasteiger partial charge < -0.3 is 11.1 Å².